The largest absolute Gasteiger partial charge is 0.484 e. The van der Waals surface area contributed by atoms with Crippen LogP contribution in [0.15, 0.2) is 53.6 Å². The molecule has 0 saturated carbocycles. The smallest absolute Gasteiger partial charge is 0.283 e. The lowest BCUT2D eigenvalue weighted by molar-refractivity contribution is -0.384. The summed E-state index contributed by atoms with van der Waals surface area (Å²) in [4.78, 5) is 22.7. The third-order valence-electron chi connectivity index (χ3n) is 4.08. The Kier molecular flexibility index (Phi) is 4.87. The molecule has 0 unspecified atom stereocenters. The van der Waals surface area contributed by atoms with Crippen LogP contribution in [0.2, 0.25) is 0 Å². The fourth-order valence-corrected chi connectivity index (χ4v) is 2.79. The maximum Gasteiger partial charge on any atom is 0.283 e. The van der Waals surface area contributed by atoms with Crippen LogP contribution >= 0.6 is 0 Å². The normalized spacial score (nSPS) is 18.9. The molecule has 2 aromatic rings. The maximum atomic E-state index is 13.2. The van der Waals surface area contributed by atoms with Crippen LogP contribution in [0.4, 0.5) is 10.1 Å². The van der Waals surface area contributed by atoms with Gasteiger partial charge in [-0.15, -0.1) is 0 Å². The molecule has 27 heavy (non-hydrogen) atoms. The number of nitrogens with zero attached hydrogens (tertiary/aromatic N) is 3. The molecule has 8 nitrogen and oxygen atoms in total. The van der Waals surface area contributed by atoms with E-state index in [1.807, 2.05) is 0 Å². The molecule has 0 radical (unpaired) electrons. The van der Waals surface area contributed by atoms with Crippen molar-refractivity contribution in [3.8, 4) is 5.75 Å². The molecule has 1 heterocycles. The fourth-order valence-electron chi connectivity index (χ4n) is 2.79. The Morgan fingerprint density at radius 1 is 1.30 bits per heavy atom. The van der Waals surface area contributed by atoms with Crippen molar-refractivity contribution in [1.82, 2.24) is 5.01 Å². The Morgan fingerprint density at radius 2 is 1.93 bits per heavy atom. The third-order valence-corrected chi connectivity index (χ3v) is 4.08. The second-order valence-electron chi connectivity index (χ2n) is 6.08. The molecule has 9 heteroatoms. The first-order chi connectivity index (χ1) is 12.8. The highest BCUT2D eigenvalue weighted by Crippen LogP contribution is 2.35. The Hall–Kier alpha value is -3.33. The van der Waals surface area contributed by atoms with E-state index in [4.69, 9.17) is 4.74 Å². The first-order valence-corrected chi connectivity index (χ1v) is 8.02. The molecular weight excluding hydrogens is 357 g/mol. The Balaban J connectivity index is 1.73. The number of carbonyl (C=O) groups is 1. The molecule has 0 bridgehead atoms. The molecule has 2 aromatic carbocycles. The van der Waals surface area contributed by atoms with E-state index in [1.54, 1.807) is 6.92 Å². The average molecular weight is 373 g/mol. The van der Waals surface area contributed by atoms with Gasteiger partial charge in [-0.25, -0.2) is 4.39 Å². The monoisotopic (exact) mass is 373 g/mol. The summed E-state index contributed by atoms with van der Waals surface area (Å²) in [6.45, 7) is 1.23. The molecule has 1 aliphatic heterocycles. The summed E-state index contributed by atoms with van der Waals surface area (Å²) in [6.07, 6.45) is 0.0852. The van der Waals surface area contributed by atoms with Gasteiger partial charge in [0.25, 0.3) is 11.6 Å². The molecule has 1 amide bonds. The van der Waals surface area contributed by atoms with Crippen LogP contribution in [0.1, 0.15) is 18.9 Å². The lowest BCUT2D eigenvalue weighted by Gasteiger charge is -2.31. The molecule has 0 aliphatic carbocycles. The van der Waals surface area contributed by atoms with Crippen molar-refractivity contribution < 1.29 is 24.0 Å². The number of nitro benzene ring substituents is 1. The van der Waals surface area contributed by atoms with Crippen molar-refractivity contribution in [3.05, 3.63) is 70.0 Å². The number of ether oxygens (including phenoxy) is 1. The Bertz CT molecular complexity index is 898. The lowest BCUT2D eigenvalue weighted by Crippen LogP contribution is -2.45. The van der Waals surface area contributed by atoms with Gasteiger partial charge in [-0.1, -0.05) is 12.1 Å². The van der Waals surface area contributed by atoms with Crippen LogP contribution in [0.5, 0.6) is 5.75 Å². The predicted molar refractivity (Wildman–Crippen MR) is 93.5 cm³/mol. The molecule has 1 atom stereocenters. The topological polar surface area (TPSA) is 105 Å². The van der Waals surface area contributed by atoms with Crippen LogP contribution < -0.4 is 4.74 Å². The number of benzene rings is 2. The summed E-state index contributed by atoms with van der Waals surface area (Å²) >= 11 is 0. The standard InChI is InChI=1S/C18H16FN3O5/c1-12-10-18(24,13-2-4-14(19)5-3-13)21(20-12)17(23)11-27-16-8-6-15(7-9-16)22(25)26/h2-9,24H,10-11H2,1H3/t18-/m1/s1. The van der Waals surface area contributed by atoms with Crippen LogP contribution in [0.3, 0.4) is 0 Å². The summed E-state index contributed by atoms with van der Waals surface area (Å²) in [6, 6.07) is 10.4. The summed E-state index contributed by atoms with van der Waals surface area (Å²) in [5.74, 6) is -0.812. The van der Waals surface area contributed by atoms with E-state index < -0.39 is 29.0 Å². The number of non-ortho nitro benzene ring substituents is 1. The van der Waals surface area contributed by atoms with Crippen molar-refractivity contribution in [2.24, 2.45) is 5.10 Å². The van der Waals surface area contributed by atoms with Gasteiger partial charge >= 0.3 is 0 Å². The van der Waals surface area contributed by atoms with Crippen molar-refractivity contribution >= 4 is 17.3 Å². The van der Waals surface area contributed by atoms with E-state index in [0.717, 1.165) is 5.01 Å². The van der Waals surface area contributed by atoms with Gasteiger partial charge in [0.05, 0.1) is 4.92 Å². The van der Waals surface area contributed by atoms with Gasteiger partial charge in [0.1, 0.15) is 11.6 Å². The first-order valence-electron chi connectivity index (χ1n) is 8.02. The molecule has 1 aliphatic rings. The number of amides is 1. The molecule has 0 spiro atoms. The number of aliphatic hydroxyl groups is 1. The quantitative estimate of drug-likeness (QED) is 0.641. The molecule has 0 fully saturated rings. The molecule has 3 rings (SSSR count). The minimum Gasteiger partial charge on any atom is -0.484 e. The second kappa shape index (κ2) is 7.12. The van der Waals surface area contributed by atoms with E-state index >= 15 is 0 Å². The number of carbonyl (C=O) groups excluding carboxylic acids is 1. The summed E-state index contributed by atoms with van der Waals surface area (Å²) in [5.41, 5.74) is -0.967. The SMILES string of the molecule is CC1=NN(C(=O)COc2ccc([N+](=O)[O-])cc2)[C@](O)(c2ccc(F)cc2)C1. The van der Waals surface area contributed by atoms with Crippen LogP contribution in [0.25, 0.3) is 0 Å². The highest BCUT2D eigenvalue weighted by atomic mass is 19.1. The summed E-state index contributed by atoms with van der Waals surface area (Å²) in [7, 11) is 0. The second-order valence-corrected chi connectivity index (χ2v) is 6.08. The zero-order valence-electron chi connectivity index (χ0n) is 14.3. The van der Waals surface area contributed by atoms with Crippen LogP contribution in [-0.4, -0.2) is 33.3 Å². The number of hydrogen-bond donors (Lipinski definition) is 1. The van der Waals surface area contributed by atoms with Gasteiger partial charge in [0.2, 0.25) is 0 Å². The van der Waals surface area contributed by atoms with Gasteiger partial charge in [0, 0.05) is 29.8 Å². The minimum atomic E-state index is -1.73. The molecule has 140 valence electrons. The number of hydrazone groups is 1. The zero-order chi connectivity index (χ0) is 19.6. The molecule has 0 aromatic heterocycles. The van der Waals surface area contributed by atoms with E-state index in [2.05, 4.69) is 5.10 Å². The number of halogens is 1. The molecular formula is C18H16FN3O5. The van der Waals surface area contributed by atoms with Gasteiger partial charge in [-0.3, -0.25) is 14.9 Å². The van der Waals surface area contributed by atoms with E-state index in [1.165, 1.54) is 48.5 Å². The van der Waals surface area contributed by atoms with Gasteiger partial charge in [-0.05, 0) is 31.2 Å². The first kappa shape index (κ1) is 18.5. The predicted octanol–water partition coefficient (Wildman–Crippen LogP) is 2.57. The van der Waals surface area contributed by atoms with Crippen LogP contribution in [0, 0.1) is 15.9 Å². The summed E-state index contributed by atoms with van der Waals surface area (Å²) < 4.78 is 18.5. The zero-order valence-corrected chi connectivity index (χ0v) is 14.3. The summed E-state index contributed by atoms with van der Waals surface area (Å²) in [5, 5.41) is 26.6. The van der Waals surface area contributed by atoms with Crippen molar-refractivity contribution in [2.45, 2.75) is 19.1 Å². The molecule has 1 N–H and O–H groups in total. The lowest BCUT2D eigenvalue weighted by atomic mass is 9.97. The van der Waals surface area contributed by atoms with Crippen molar-refractivity contribution in [3.63, 3.8) is 0 Å². The third kappa shape index (κ3) is 3.77. The van der Waals surface area contributed by atoms with Crippen LogP contribution in [-0.2, 0) is 10.5 Å². The minimum absolute atomic E-state index is 0.0852. The van der Waals surface area contributed by atoms with E-state index in [-0.39, 0.29) is 17.9 Å². The maximum absolute atomic E-state index is 13.2. The highest BCUT2D eigenvalue weighted by Gasteiger charge is 2.44. The Morgan fingerprint density at radius 3 is 2.52 bits per heavy atom. The van der Waals surface area contributed by atoms with E-state index in [9.17, 15) is 24.4 Å². The van der Waals surface area contributed by atoms with Gasteiger partial charge in [-0.2, -0.15) is 10.1 Å². The van der Waals surface area contributed by atoms with Crippen molar-refractivity contribution in [2.75, 3.05) is 6.61 Å². The fraction of sp³-hybridized carbons (Fsp3) is 0.222. The Labute approximate surface area is 153 Å². The molecule has 0 saturated heterocycles. The van der Waals surface area contributed by atoms with Gasteiger partial charge in [0.15, 0.2) is 12.3 Å². The number of rotatable bonds is 5. The number of nitro groups is 1. The van der Waals surface area contributed by atoms with E-state index in [0.29, 0.717) is 11.3 Å². The number of hydrogen-bond acceptors (Lipinski definition) is 6. The van der Waals surface area contributed by atoms with Gasteiger partial charge < -0.3 is 9.84 Å². The highest BCUT2D eigenvalue weighted by molar-refractivity contribution is 5.89. The average Bonchev–Trinajstić information content (AvgIpc) is 2.96. The van der Waals surface area contributed by atoms with Crippen molar-refractivity contribution in [1.29, 1.82) is 0 Å².